The van der Waals surface area contributed by atoms with Crippen LogP contribution in [0.3, 0.4) is 0 Å². The van der Waals surface area contributed by atoms with Crippen LogP contribution in [0.5, 0.6) is 0 Å². The molecule has 0 spiro atoms. The SMILES string of the molecule is CCCNC(COCCC)c1cc(C)nnc1C. The summed E-state index contributed by atoms with van der Waals surface area (Å²) in [6.45, 7) is 10.8. The van der Waals surface area contributed by atoms with Gasteiger partial charge in [-0.1, -0.05) is 13.8 Å². The average Bonchev–Trinajstić information content (AvgIpc) is 2.37. The molecule has 1 atom stereocenters. The Morgan fingerprint density at radius 1 is 1.22 bits per heavy atom. The maximum Gasteiger partial charge on any atom is 0.0662 e. The molecule has 1 heterocycles. The van der Waals surface area contributed by atoms with E-state index in [1.807, 2.05) is 13.8 Å². The summed E-state index contributed by atoms with van der Waals surface area (Å²) in [4.78, 5) is 0. The van der Waals surface area contributed by atoms with Crippen LogP contribution in [0.15, 0.2) is 6.07 Å². The fraction of sp³-hybridized carbons (Fsp3) is 0.714. The van der Waals surface area contributed by atoms with E-state index in [0.29, 0.717) is 6.61 Å². The summed E-state index contributed by atoms with van der Waals surface area (Å²) >= 11 is 0. The van der Waals surface area contributed by atoms with Gasteiger partial charge in [0.2, 0.25) is 0 Å². The van der Waals surface area contributed by atoms with E-state index in [2.05, 4.69) is 35.4 Å². The van der Waals surface area contributed by atoms with Crippen LogP contribution in [-0.4, -0.2) is 30.0 Å². The van der Waals surface area contributed by atoms with Crippen molar-refractivity contribution < 1.29 is 4.74 Å². The highest BCUT2D eigenvalue weighted by molar-refractivity contribution is 5.23. The third-order valence-corrected chi connectivity index (χ3v) is 2.79. The molecule has 1 unspecified atom stereocenters. The van der Waals surface area contributed by atoms with Crippen molar-refractivity contribution in [1.29, 1.82) is 0 Å². The first-order valence-corrected chi connectivity index (χ1v) is 6.81. The highest BCUT2D eigenvalue weighted by Gasteiger charge is 2.14. The molecule has 18 heavy (non-hydrogen) atoms. The molecular weight excluding hydrogens is 226 g/mol. The molecule has 1 aromatic rings. The molecule has 0 fully saturated rings. The van der Waals surface area contributed by atoms with Gasteiger partial charge in [0.05, 0.1) is 24.0 Å². The van der Waals surface area contributed by atoms with Gasteiger partial charge in [0.15, 0.2) is 0 Å². The lowest BCUT2D eigenvalue weighted by Crippen LogP contribution is -2.27. The van der Waals surface area contributed by atoms with Crippen LogP contribution in [0.4, 0.5) is 0 Å². The zero-order valence-corrected chi connectivity index (χ0v) is 12.0. The van der Waals surface area contributed by atoms with Crippen LogP contribution in [0.2, 0.25) is 0 Å². The summed E-state index contributed by atoms with van der Waals surface area (Å²) in [5.74, 6) is 0. The van der Waals surface area contributed by atoms with Gasteiger partial charge in [0.1, 0.15) is 0 Å². The minimum Gasteiger partial charge on any atom is -0.379 e. The van der Waals surface area contributed by atoms with Crippen LogP contribution in [0, 0.1) is 13.8 Å². The lowest BCUT2D eigenvalue weighted by Gasteiger charge is -2.20. The molecule has 4 nitrogen and oxygen atoms in total. The Morgan fingerprint density at radius 2 is 2.00 bits per heavy atom. The normalized spacial score (nSPS) is 12.7. The Kier molecular flexibility index (Phi) is 6.83. The van der Waals surface area contributed by atoms with Crippen LogP contribution in [0.1, 0.15) is 49.7 Å². The van der Waals surface area contributed by atoms with E-state index in [4.69, 9.17) is 4.74 Å². The van der Waals surface area contributed by atoms with Crippen LogP contribution < -0.4 is 5.32 Å². The first-order valence-electron chi connectivity index (χ1n) is 6.81. The molecule has 1 rings (SSSR count). The summed E-state index contributed by atoms with van der Waals surface area (Å²) in [5.41, 5.74) is 3.13. The van der Waals surface area contributed by atoms with Gasteiger partial charge < -0.3 is 10.1 Å². The Hall–Kier alpha value is -1.00. The minimum absolute atomic E-state index is 0.214. The summed E-state index contributed by atoms with van der Waals surface area (Å²) in [6.07, 6.45) is 2.16. The molecule has 0 bridgehead atoms. The van der Waals surface area contributed by atoms with Crippen molar-refractivity contribution in [2.24, 2.45) is 0 Å². The van der Waals surface area contributed by atoms with Gasteiger partial charge in [0.25, 0.3) is 0 Å². The van der Waals surface area contributed by atoms with Gasteiger partial charge in [-0.3, -0.25) is 0 Å². The van der Waals surface area contributed by atoms with Crippen molar-refractivity contribution in [1.82, 2.24) is 15.5 Å². The zero-order valence-electron chi connectivity index (χ0n) is 12.0. The summed E-state index contributed by atoms with van der Waals surface area (Å²) in [7, 11) is 0. The molecule has 0 aliphatic rings. The Labute approximate surface area is 110 Å². The van der Waals surface area contributed by atoms with Gasteiger partial charge in [-0.25, -0.2) is 0 Å². The topological polar surface area (TPSA) is 47.0 Å². The second-order valence-electron chi connectivity index (χ2n) is 4.61. The quantitative estimate of drug-likeness (QED) is 0.721. The summed E-state index contributed by atoms with van der Waals surface area (Å²) in [6, 6.07) is 2.32. The monoisotopic (exact) mass is 251 g/mol. The number of nitrogens with one attached hydrogen (secondary N) is 1. The minimum atomic E-state index is 0.214. The number of aryl methyl sites for hydroxylation is 2. The molecular formula is C14H25N3O. The average molecular weight is 251 g/mol. The molecule has 0 radical (unpaired) electrons. The molecule has 1 N–H and O–H groups in total. The van der Waals surface area contributed by atoms with Gasteiger partial charge in [-0.15, -0.1) is 0 Å². The van der Waals surface area contributed by atoms with E-state index in [0.717, 1.165) is 37.4 Å². The fourth-order valence-corrected chi connectivity index (χ4v) is 1.85. The Morgan fingerprint density at radius 3 is 2.67 bits per heavy atom. The van der Waals surface area contributed by atoms with Crippen LogP contribution >= 0.6 is 0 Å². The molecule has 4 heteroatoms. The molecule has 1 aromatic heterocycles. The van der Waals surface area contributed by atoms with E-state index < -0.39 is 0 Å². The highest BCUT2D eigenvalue weighted by Crippen LogP contribution is 2.17. The Bertz CT molecular complexity index is 355. The molecule has 0 aromatic carbocycles. The van der Waals surface area contributed by atoms with E-state index in [1.165, 1.54) is 5.56 Å². The molecule has 0 aliphatic carbocycles. The second kappa shape index (κ2) is 8.16. The Balaban J connectivity index is 2.75. The first-order chi connectivity index (χ1) is 8.69. The second-order valence-corrected chi connectivity index (χ2v) is 4.61. The van der Waals surface area contributed by atoms with Crippen LogP contribution in [-0.2, 0) is 4.74 Å². The standard InChI is InChI=1S/C14H25N3O/c1-5-7-15-14(10-18-8-6-2)13-9-11(3)16-17-12(13)4/h9,14-15H,5-8,10H2,1-4H3. The highest BCUT2D eigenvalue weighted by atomic mass is 16.5. The number of aromatic nitrogens is 2. The van der Waals surface area contributed by atoms with Gasteiger partial charge in [-0.2, -0.15) is 10.2 Å². The maximum absolute atomic E-state index is 5.68. The smallest absolute Gasteiger partial charge is 0.0662 e. The summed E-state index contributed by atoms with van der Waals surface area (Å²) in [5, 5.41) is 11.8. The lowest BCUT2D eigenvalue weighted by molar-refractivity contribution is 0.111. The van der Waals surface area contributed by atoms with E-state index >= 15 is 0 Å². The van der Waals surface area contributed by atoms with Crippen LogP contribution in [0.25, 0.3) is 0 Å². The van der Waals surface area contributed by atoms with Gasteiger partial charge in [0, 0.05) is 6.61 Å². The van der Waals surface area contributed by atoms with Crippen molar-refractivity contribution in [2.45, 2.75) is 46.6 Å². The third-order valence-electron chi connectivity index (χ3n) is 2.79. The van der Waals surface area contributed by atoms with E-state index in [9.17, 15) is 0 Å². The number of ether oxygens (including phenoxy) is 1. The molecule has 0 saturated heterocycles. The van der Waals surface area contributed by atoms with Crippen molar-refractivity contribution >= 4 is 0 Å². The number of hydrogen-bond donors (Lipinski definition) is 1. The predicted octanol–water partition coefficient (Wildman–Crippen LogP) is 2.56. The van der Waals surface area contributed by atoms with Crippen molar-refractivity contribution in [3.05, 3.63) is 23.0 Å². The van der Waals surface area contributed by atoms with Gasteiger partial charge in [-0.05, 0) is 44.9 Å². The number of rotatable bonds is 8. The summed E-state index contributed by atoms with van der Waals surface area (Å²) < 4.78 is 5.68. The largest absolute Gasteiger partial charge is 0.379 e. The van der Waals surface area contributed by atoms with Gasteiger partial charge >= 0.3 is 0 Å². The van der Waals surface area contributed by atoms with Crippen molar-refractivity contribution in [3.63, 3.8) is 0 Å². The predicted molar refractivity (Wildman–Crippen MR) is 73.7 cm³/mol. The van der Waals surface area contributed by atoms with E-state index in [-0.39, 0.29) is 6.04 Å². The zero-order chi connectivity index (χ0) is 13.4. The van der Waals surface area contributed by atoms with Crippen molar-refractivity contribution in [3.8, 4) is 0 Å². The van der Waals surface area contributed by atoms with Crippen molar-refractivity contribution in [2.75, 3.05) is 19.8 Å². The lowest BCUT2D eigenvalue weighted by atomic mass is 10.1. The fourth-order valence-electron chi connectivity index (χ4n) is 1.85. The molecule has 0 amide bonds. The molecule has 0 aliphatic heterocycles. The number of nitrogens with zero attached hydrogens (tertiary/aromatic N) is 2. The first kappa shape index (κ1) is 15.1. The molecule has 0 saturated carbocycles. The maximum atomic E-state index is 5.68. The molecule has 102 valence electrons. The number of hydrogen-bond acceptors (Lipinski definition) is 4. The van der Waals surface area contributed by atoms with E-state index in [1.54, 1.807) is 0 Å². The third kappa shape index (κ3) is 4.70.